The second-order valence-corrected chi connectivity index (χ2v) is 6.20. The Balaban J connectivity index is 0.00000288. The second kappa shape index (κ2) is 9.49. The van der Waals surface area contributed by atoms with E-state index in [9.17, 15) is 9.90 Å². The molecule has 0 bridgehead atoms. The van der Waals surface area contributed by atoms with Crippen molar-refractivity contribution in [2.75, 3.05) is 14.2 Å². The van der Waals surface area contributed by atoms with E-state index in [1.54, 1.807) is 13.0 Å². The van der Waals surface area contributed by atoms with Crippen LogP contribution in [-0.2, 0) is 0 Å². The van der Waals surface area contributed by atoms with Crippen molar-refractivity contribution in [2.45, 2.75) is 20.8 Å². The lowest BCUT2D eigenvalue weighted by molar-refractivity contribution is 0.103. The lowest BCUT2D eigenvalue weighted by Gasteiger charge is -2.17. The molecule has 0 amide bonds. The van der Waals surface area contributed by atoms with Gasteiger partial charge in [0.15, 0.2) is 17.3 Å². The number of hydrogen-bond donors (Lipinski definition) is 1. The van der Waals surface area contributed by atoms with Gasteiger partial charge in [0.1, 0.15) is 0 Å². The quantitative estimate of drug-likeness (QED) is 0.564. The predicted molar refractivity (Wildman–Crippen MR) is 106 cm³/mol. The molecule has 0 aliphatic carbocycles. The van der Waals surface area contributed by atoms with Gasteiger partial charge in [-0.3, -0.25) is 4.79 Å². The van der Waals surface area contributed by atoms with Crippen molar-refractivity contribution < 1.29 is 19.4 Å². The number of phenolic OH excluding ortho intramolecular Hbond substituents is 1. The molecular formula is C18H20AlBrClO4. The summed E-state index contributed by atoms with van der Waals surface area (Å²) in [7, 11) is 2.91. The number of benzene rings is 2. The van der Waals surface area contributed by atoms with Crippen molar-refractivity contribution in [3.8, 4) is 17.2 Å². The average molecular weight is 443 g/mol. The Morgan fingerprint density at radius 2 is 1.64 bits per heavy atom. The first-order chi connectivity index (χ1) is 10.8. The molecule has 133 valence electrons. The number of phenols is 1. The summed E-state index contributed by atoms with van der Waals surface area (Å²) in [6, 6.07) is 5.47. The van der Waals surface area contributed by atoms with Gasteiger partial charge >= 0.3 is 0 Å². The van der Waals surface area contributed by atoms with Crippen LogP contribution < -0.4 is 9.47 Å². The molecule has 25 heavy (non-hydrogen) atoms. The molecule has 0 spiro atoms. The number of ether oxygens (including phenoxy) is 2. The highest BCUT2D eigenvalue weighted by atomic mass is 79.9. The third kappa shape index (κ3) is 4.32. The zero-order chi connectivity index (χ0) is 17.3. The average Bonchev–Trinajstić information content (AvgIpc) is 2.50. The van der Waals surface area contributed by atoms with Gasteiger partial charge in [-0.05, 0) is 49.6 Å². The van der Waals surface area contributed by atoms with Gasteiger partial charge in [0.05, 0.1) is 19.8 Å². The van der Waals surface area contributed by atoms with Crippen LogP contribution in [0.2, 0.25) is 0 Å². The topological polar surface area (TPSA) is 55.8 Å². The largest absolute Gasteiger partial charge is 0.504 e. The van der Waals surface area contributed by atoms with Crippen LogP contribution in [0.5, 0.6) is 17.2 Å². The third-order valence-electron chi connectivity index (χ3n) is 3.90. The third-order valence-corrected chi connectivity index (χ3v) is 4.76. The maximum Gasteiger partial charge on any atom is 0.203 e. The van der Waals surface area contributed by atoms with Crippen molar-refractivity contribution in [1.82, 2.24) is 0 Å². The maximum atomic E-state index is 13.1. The molecule has 2 aromatic rings. The number of carbonyl (C=O) groups excluding carboxylic acids is 1. The molecule has 0 aromatic heterocycles. The van der Waals surface area contributed by atoms with Crippen molar-refractivity contribution in [1.29, 1.82) is 0 Å². The van der Waals surface area contributed by atoms with Gasteiger partial charge in [-0.1, -0.05) is 22.0 Å². The van der Waals surface area contributed by atoms with Crippen molar-refractivity contribution in [3.05, 3.63) is 50.5 Å². The number of hydrogen-bond acceptors (Lipinski definition) is 4. The first-order valence-electron chi connectivity index (χ1n) is 7.08. The monoisotopic (exact) mass is 441 g/mol. The minimum atomic E-state index is -0.239. The Labute approximate surface area is 173 Å². The molecule has 0 heterocycles. The van der Waals surface area contributed by atoms with Gasteiger partial charge in [-0.25, -0.2) is 0 Å². The minimum Gasteiger partial charge on any atom is -0.504 e. The highest BCUT2D eigenvalue weighted by Crippen LogP contribution is 2.42. The van der Waals surface area contributed by atoms with Crippen LogP contribution in [0, 0.1) is 20.8 Å². The number of aromatic hydroxyl groups is 1. The molecule has 3 radical (unpaired) electrons. The van der Waals surface area contributed by atoms with E-state index in [0.29, 0.717) is 16.9 Å². The molecular weight excluding hydrogens is 423 g/mol. The summed E-state index contributed by atoms with van der Waals surface area (Å²) in [4.78, 5) is 13.1. The first kappa shape index (κ1) is 23.8. The highest BCUT2D eigenvalue weighted by molar-refractivity contribution is 9.10. The summed E-state index contributed by atoms with van der Waals surface area (Å²) in [5, 5.41) is 10.5. The zero-order valence-corrected chi connectivity index (χ0v) is 18.3. The van der Waals surface area contributed by atoms with Gasteiger partial charge in [0, 0.05) is 27.4 Å². The number of rotatable bonds is 4. The van der Waals surface area contributed by atoms with E-state index in [2.05, 4.69) is 15.9 Å². The molecule has 0 aliphatic heterocycles. The van der Waals surface area contributed by atoms with Crippen molar-refractivity contribution in [3.63, 3.8) is 0 Å². The van der Waals surface area contributed by atoms with E-state index in [1.807, 2.05) is 26.0 Å². The summed E-state index contributed by atoms with van der Waals surface area (Å²) >= 11 is 3.45. The van der Waals surface area contributed by atoms with Crippen LogP contribution in [0.4, 0.5) is 0 Å². The lowest BCUT2D eigenvalue weighted by atomic mass is 9.91. The first-order valence-corrected chi connectivity index (χ1v) is 7.87. The molecule has 4 nitrogen and oxygen atoms in total. The Hall–Kier alpha value is -1.19. The number of halogens is 2. The van der Waals surface area contributed by atoms with Gasteiger partial charge in [0.2, 0.25) is 5.75 Å². The maximum absolute atomic E-state index is 13.1. The number of carbonyl (C=O) groups is 1. The lowest BCUT2D eigenvalue weighted by Crippen LogP contribution is -2.10. The van der Waals surface area contributed by atoms with Gasteiger partial charge < -0.3 is 14.6 Å². The van der Waals surface area contributed by atoms with E-state index in [0.717, 1.165) is 15.6 Å². The summed E-state index contributed by atoms with van der Waals surface area (Å²) < 4.78 is 11.2. The molecule has 0 saturated carbocycles. The predicted octanol–water partition coefficient (Wildman–Crippen LogP) is 4.37. The number of methoxy groups -OCH3 is 2. The van der Waals surface area contributed by atoms with E-state index >= 15 is 0 Å². The Bertz CT molecular complexity index is 793. The summed E-state index contributed by atoms with van der Waals surface area (Å²) in [6.45, 7) is 5.51. The molecule has 7 heteroatoms. The van der Waals surface area contributed by atoms with E-state index in [-0.39, 0.29) is 52.6 Å². The number of aryl methyl sites for hydroxylation is 2. The van der Waals surface area contributed by atoms with Gasteiger partial charge in [-0.2, -0.15) is 0 Å². The fourth-order valence-corrected chi connectivity index (χ4v) is 3.01. The number of ketones is 1. The fraction of sp³-hybridized carbons (Fsp3) is 0.278. The van der Waals surface area contributed by atoms with Gasteiger partial charge in [-0.15, -0.1) is 12.4 Å². The normalized spacial score (nSPS) is 9.68. The molecule has 2 rings (SSSR count). The Morgan fingerprint density at radius 3 is 2.16 bits per heavy atom. The summed E-state index contributed by atoms with van der Waals surface area (Å²) in [5.74, 6) is 0.110. The highest BCUT2D eigenvalue weighted by Gasteiger charge is 2.25. The van der Waals surface area contributed by atoms with E-state index in [1.165, 1.54) is 14.2 Å². The van der Waals surface area contributed by atoms with Crippen LogP contribution in [0.1, 0.15) is 32.6 Å². The van der Waals surface area contributed by atoms with Crippen molar-refractivity contribution in [2.24, 2.45) is 0 Å². The Morgan fingerprint density at radius 1 is 1.04 bits per heavy atom. The van der Waals surface area contributed by atoms with Crippen LogP contribution in [0.25, 0.3) is 0 Å². The van der Waals surface area contributed by atoms with Crippen LogP contribution >= 0.6 is 28.3 Å². The van der Waals surface area contributed by atoms with Crippen molar-refractivity contribution >= 4 is 51.5 Å². The molecule has 2 aromatic carbocycles. The van der Waals surface area contributed by atoms with Crippen LogP contribution in [0.15, 0.2) is 22.7 Å². The summed E-state index contributed by atoms with van der Waals surface area (Å²) in [6.07, 6.45) is 0. The molecule has 0 saturated heterocycles. The molecule has 0 aliphatic rings. The standard InChI is InChI=1S/C18H19BrO4.Al.ClH/c1-9-6-7-12(19)11(3)14(9)16(20)15-10(2)8-13(22-4)18(23-5)17(15)21;;/h6-8,21H,1-5H3;;1H. The van der Waals surface area contributed by atoms with Crippen LogP contribution in [0.3, 0.4) is 0 Å². The summed E-state index contributed by atoms with van der Waals surface area (Å²) in [5.41, 5.74) is 3.12. The van der Waals surface area contributed by atoms with Gasteiger partial charge in [0.25, 0.3) is 0 Å². The Kier molecular flexibility index (Phi) is 9.04. The smallest absolute Gasteiger partial charge is 0.203 e. The fourth-order valence-electron chi connectivity index (χ4n) is 2.68. The van der Waals surface area contributed by atoms with Crippen LogP contribution in [-0.4, -0.2) is 42.5 Å². The molecule has 0 atom stereocenters. The molecule has 0 unspecified atom stereocenters. The van der Waals surface area contributed by atoms with E-state index < -0.39 is 0 Å². The SMILES string of the molecule is COc1cc(C)c(C(=O)c2c(C)ccc(Br)c2C)c(O)c1OC.Cl.[Al]. The molecule has 1 N–H and O–H groups in total. The van der Waals surface area contributed by atoms with E-state index in [4.69, 9.17) is 9.47 Å². The molecule has 0 fully saturated rings. The minimum absolute atomic E-state index is 0. The second-order valence-electron chi connectivity index (χ2n) is 5.35. The zero-order valence-electron chi connectivity index (χ0n) is 14.8.